The van der Waals surface area contributed by atoms with E-state index in [-0.39, 0.29) is 6.04 Å². The van der Waals surface area contributed by atoms with E-state index in [0.29, 0.717) is 18.5 Å². The molecule has 0 saturated carbocycles. The third-order valence-corrected chi connectivity index (χ3v) is 3.77. The highest BCUT2D eigenvalue weighted by molar-refractivity contribution is 5.40. The van der Waals surface area contributed by atoms with Gasteiger partial charge in [-0.3, -0.25) is 4.98 Å². The second kappa shape index (κ2) is 7.17. The fraction of sp³-hybridized carbons (Fsp3) is 0.438. The summed E-state index contributed by atoms with van der Waals surface area (Å²) in [5.74, 6) is 1.90. The van der Waals surface area contributed by atoms with Gasteiger partial charge in [-0.1, -0.05) is 0 Å². The first kappa shape index (κ1) is 14.7. The molecule has 1 fully saturated rings. The number of nitrogens with one attached hydrogen (secondary N) is 2. The number of hydrogen-bond acceptors (Lipinski definition) is 6. The van der Waals surface area contributed by atoms with Crippen LogP contribution in [-0.2, 0) is 11.2 Å². The van der Waals surface area contributed by atoms with E-state index in [1.54, 1.807) is 6.20 Å². The highest BCUT2D eigenvalue weighted by Crippen LogP contribution is 2.21. The highest BCUT2D eigenvalue weighted by atomic mass is 16.5. The minimum atomic E-state index is 0.227. The van der Waals surface area contributed by atoms with E-state index in [2.05, 4.69) is 37.7 Å². The van der Waals surface area contributed by atoms with Crippen molar-refractivity contribution in [2.45, 2.75) is 19.4 Å². The number of rotatable bonds is 6. The maximum absolute atomic E-state index is 5.64. The van der Waals surface area contributed by atoms with E-state index in [1.165, 1.54) is 5.56 Å². The van der Waals surface area contributed by atoms with Crippen molar-refractivity contribution in [1.82, 2.24) is 15.0 Å². The molecule has 2 aromatic rings. The van der Waals surface area contributed by atoms with Crippen LogP contribution in [0.2, 0.25) is 0 Å². The molecular formula is C16H21N5O. The van der Waals surface area contributed by atoms with Crippen molar-refractivity contribution in [1.29, 1.82) is 0 Å². The molecule has 1 aliphatic heterocycles. The third kappa shape index (κ3) is 3.71. The number of pyridine rings is 1. The average molecular weight is 299 g/mol. The van der Waals surface area contributed by atoms with E-state index in [1.807, 2.05) is 25.4 Å². The molecule has 6 heteroatoms. The summed E-state index contributed by atoms with van der Waals surface area (Å²) in [6.07, 6.45) is 6.39. The Bertz CT molecular complexity index is 592. The largest absolute Gasteiger partial charge is 0.379 e. The van der Waals surface area contributed by atoms with Crippen molar-refractivity contribution >= 4 is 11.8 Å². The fourth-order valence-electron chi connectivity index (χ4n) is 2.65. The van der Waals surface area contributed by atoms with Gasteiger partial charge >= 0.3 is 0 Å². The fourth-order valence-corrected chi connectivity index (χ4v) is 2.65. The van der Waals surface area contributed by atoms with Gasteiger partial charge in [-0.05, 0) is 37.1 Å². The lowest BCUT2D eigenvalue weighted by atomic mass is 9.95. The average Bonchev–Trinajstić information content (AvgIpc) is 2.96. The Labute approximate surface area is 130 Å². The number of nitrogens with zero attached hydrogens (tertiary/aromatic N) is 3. The summed E-state index contributed by atoms with van der Waals surface area (Å²) < 4.78 is 5.64. The molecule has 0 bridgehead atoms. The van der Waals surface area contributed by atoms with Crippen LogP contribution in [0.15, 0.2) is 36.8 Å². The Morgan fingerprint density at radius 3 is 2.86 bits per heavy atom. The van der Waals surface area contributed by atoms with Gasteiger partial charge in [0, 0.05) is 31.1 Å². The van der Waals surface area contributed by atoms with Gasteiger partial charge in [0.1, 0.15) is 5.82 Å². The van der Waals surface area contributed by atoms with Crippen LogP contribution in [0, 0.1) is 5.92 Å². The van der Waals surface area contributed by atoms with E-state index < -0.39 is 0 Å². The van der Waals surface area contributed by atoms with Crippen LogP contribution in [0.25, 0.3) is 0 Å². The highest BCUT2D eigenvalue weighted by Gasteiger charge is 2.28. The Hall–Kier alpha value is -2.21. The lowest BCUT2D eigenvalue weighted by Gasteiger charge is -2.19. The summed E-state index contributed by atoms with van der Waals surface area (Å²) in [4.78, 5) is 12.8. The Kier molecular flexibility index (Phi) is 4.80. The SMILES string of the molecule is CCNc1ccnc(N[C@@H]2COC[C@H]2Cc2ccncc2)n1. The molecule has 1 aliphatic rings. The number of anilines is 2. The lowest BCUT2D eigenvalue weighted by Crippen LogP contribution is -2.30. The summed E-state index contributed by atoms with van der Waals surface area (Å²) in [6.45, 7) is 4.33. The van der Waals surface area contributed by atoms with E-state index in [9.17, 15) is 0 Å². The van der Waals surface area contributed by atoms with E-state index >= 15 is 0 Å². The van der Waals surface area contributed by atoms with E-state index in [0.717, 1.165) is 25.4 Å². The Balaban J connectivity index is 1.64. The second-order valence-electron chi connectivity index (χ2n) is 5.40. The molecular weight excluding hydrogens is 278 g/mol. The summed E-state index contributed by atoms with van der Waals surface area (Å²) in [7, 11) is 0. The zero-order chi connectivity index (χ0) is 15.2. The second-order valence-corrected chi connectivity index (χ2v) is 5.40. The van der Waals surface area contributed by atoms with Gasteiger partial charge in [0.2, 0.25) is 5.95 Å². The molecule has 3 heterocycles. The molecule has 0 spiro atoms. The van der Waals surface area contributed by atoms with Crippen LogP contribution < -0.4 is 10.6 Å². The molecule has 2 aromatic heterocycles. The molecule has 2 atom stereocenters. The quantitative estimate of drug-likeness (QED) is 0.850. The van der Waals surface area contributed by atoms with Gasteiger partial charge < -0.3 is 15.4 Å². The minimum absolute atomic E-state index is 0.227. The molecule has 1 saturated heterocycles. The molecule has 116 valence electrons. The number of ether oxygens (including phenoxy) is 1. The normalized spacial score (nSPS) is 20.8. The smallest absolute Gasteiger partial charge is 0.224 e. The Morgan fingerprint density at radius 2 is 2.05 bits per heavy atom. The summed E-state index contributed by atoms with van der Waals surface area (Å²) in [5, 5.41) is 6.60. The van der Waals surface area contributed by atoms with Crippen LogP contribution in [-0.4, -0.2) is 40.8 Å². The first-order chi connectivity index (χ1) is 10.8. The first-order valence-electron chi connectivity index (χ1n) is 7.65. The minimum Gasteiger partial charge on any atom is -0.379 e. The molecule has 2 N–H and O–H groups in total. The molecule has 0 amide bonds. The third-order valence-electron chi connectivity index (χ3n) is 3.77. The summed E-state index contributed by atoms with van der Waals surface area (Å²) in [5.41, 5.74) is 1.28. The maximum atomic E-state index is 5.64. The number of hydrogen-bond donors (Lipinski definition) is 2. The monoisotopic (exact) mass is 299 g/mol. The predicted octanol–water partition coefficient (Wildman–Crippen LogP) is 1.97. The molecule has 0 unspecified atom stereocenters. The molecule has 0 aliphatic carbocycles. The van der Waals surface area contributed by atoms with Crippen LogP contribution in [0.4, 0.5) is 11.8 Å². The van der Waals surface area contributed by atoms with Crippen LogP contribution in [0.1, 0.15) is 12.5 Å². The van der Waals surface area contributed by atoms with Gasteiger partial charge in [-0.2, -0.15) is 4.98 Å². The lowest BCUT2D eigenvalue weighted by molar-refractivity contribution is 0.185. The van der Waals surface area contributed by atoms with Crippen LogP contribution >= 0.6 is 0 Å². The molecule has 22 heavy (non-hydrogen) atoms. The predicted molar refractivity (Wildman–Crippen MR) is 85.9 cm³/mol. The van der Waals surface area contributed by atoms with Crippen molar-refractivity contribution in [2.75, 3.05) is 30.4 Å². The summed E-state index contributed by atoms with van der Waals surface area (Å²) >= 11 is 0. The molecule has 0 aromatic carbocycles. The zero-order valence-corrected chi connectivity index (χ0v) is 12.7. The standard InChI is InChI=1S/C16H21N5O/c1-2-18-15-5-8-19-16(21-15)20-14-11-22-10-13(14)9-12-3-6-17-7-4-12/h3-8,13-14H,2,9-11H2,1H3,(H2,18,19,20,21)/t13-,14-/m1/s1. The molecule has 0 radical (unpaired) electrons. The Morgan fingerprint density at radius 1 is 1.18 bits per heavy atom. The molecule has 6 nitrogen and oxygen atoms in total. The topological polar surface area (TPSA) is 72.0 Å². The number of aromatic nitrogens is 3. The van der Waals surface area contributed by atoms with Crippen molar-refractivity contribution in [3.05, 3.63) is 42.4 Å². The zero-order valence-electron chi connectivity index (χ0n) is 12.7. The van der Waals surface area contributed by atoms with Crippen molar-refractivity contribution < 1.29 is 4.74 Å². The van der Waals surface area contributed by atoms with Crippen LogP contribution in [0.3, 0.4) is 0 Å². The van der Waals surface area contributed by atoms with Crippen molar-refractivity contribution in [2.24, 2.45) is 5.92 Å². The van der Waals surface area contributed by atoms with Gasteiger partial charge in [-0.15, -0.1) is 0 Å². The first-order valence-corrected chi connectivity index (χ1v) is 7.65. The van der Waals surface area contributed by atoms with Gasteiger partial charge in [0.05, 0.1) is 19.3 Å². The van der Waals surface area contributed by atoms with Crippen molar-refractivity contribution in [3.63, 3.8) is 0 Å². The van der Waals surface area contributed by atoms with Gasteiger partial charge in [0.15, 0.2) is 0 Å². The maximum Gasteiger partial charge on any atom is 0.224 e. The van der Waals surface area contributed by atoms with E-state index in [4.69, 9.17) is 4.74 Å². The van der Waals surface area contributed by atoms with Gasteiger partial charge in [0.25, 0.3) is 0 Å². The van der Waals surface area contributed by atoms with Crippen molar-refractivity contribution in [3.8, 4) is 0 Å². The van der Waals surface area contributed by atoms with Gasteiger partial charge in [-0.25, -0.2) is 4.98 Å². The molecule has 3 rings (SSSR count). The van der Waals surface area contributed by atoms with Crippen LogP contribution in [0.5, 0.6) is 0 Å². The summed E-state index contributed by atoms with van der Waals surface area (Å²) in [6, 6.07) is 6.20.